The number of carbonyl (C=O) groups excluding carboxylic acids is 1. The Morgan fingerprint density at radius 3 is 2.50 bits per heavy atom. The predicted molar refractivity (Wildman–Crippen MR) is 71.5 cm³/mol. The van der Waals surface area contributed by atoms with Crippen LogP contribution in [0.15, 0.2) is 24.3 Å². The van der Waals surface area contributed by atoms with Crippen LogP contribution in [0.3, 0.4) is 0 Å². The molecule has 1 aromatic rings. The number of nitrogens with one attached hydrogen (secondary N) is 1. The van der Waals surface area contributed by atoms with Gasteiger partial charge < -0.3 is 15.3 Å². The monoisotopic (exact) mass is 248 g/mol. The summed E-state index contributed by atoms with van der Waals surface area (Å²) in [6, 6.07) is 7.70. The lowest BCUT2D eigenvalue weighted by Crippen LogP contribution is -2.29. The summed E-state index contributed by atoms with van der Waals surface area (Å²) in [6.45, 7) is 0.288. The van der Waals surface area contributed by atoms with Crippen LogP contribution in [0.25, 0.3) is 0 Å². The van der Waals surface area contributed by atoms with E-state index in [1.165, 1.54) is 0 Å². The van der Waals surface area contributed by atoms with E-state index in [1.807, 2.05) is 43.3 Å². The van der Waals surface area contributed by atoms with E-state index in [1.54, 1.807) is 0 Å². The van der Waals surface area contributed by atoms with Crippen LogP contribution >= 0.6 is 0 Å². The first-order chi connectivity index (χ1) is 8.58. The molecule has 0 aliphatic heterocycles. The fraction of sp³-hybridized carbons (Fsp3) is 0.500. The maximum atomic E-state index is 11.5. The Morgan fingerprint density at radius 1 is 1.39 bits per heavy atom. The molecule has 1 atom stereocenters. The van der Waals surface area contributed by atoms with Crippen molar-refractivity contribution in [1.29, 1.82) is 0 Å². The lowest BCUT2D eigenvalue weighted by atomic mass is 10.1. The van der Waals surface area contributed by atoms with Crippen molar-refractivity contribution in [1.82, 2.24) is 5.32 Å². The van der Waals surface area contributed by atoms with Crippen molar-refractivity contribution in [2.24, 2.45) is 5.92 Å². The van der Waals surface area contributed by atoms with E-state index in [-0.39, 0.29) is 18.4 Å². The van der Waals surface area contributed by atoms with Crippen LogP contribution < -0.4 is 10.2 Å². The van der Waals surface area contributed by atoms with Gasteiger partial charge in [-0.25, -0.2) is 0 Å². The summed E-state index contributed by atoms with van der Waals surface area (Å²) < 4.78 is 0. The van der Waals surface area contributed by atoms with Crippen molar-refractivity contribution >= 4 is 11.6 Å². The van der Waals surface area contributed by atoms with Crippen LogP contribution in [0.4, 0.5) is 5.69 Å². The number of rotatable bonds is 5. The number of hydrogen-bond acceptors (Lipinski definition) is 3. The summed E-state index contributed by atoms with van der Waals surface area (Å²) >= 11 is 0. The number of nitrogens with zero attached hydrogens (tertiary/aromatic N) is 1. The SMILES string of the molecule is CN(C)c1ccc(C(O)CNC(=O)C2CC2)cc1. The van der Waals surface area contributed by atoms with E-state index in [4.69, 9.17) is 0 Å². The second kappa shape index (κ2) is 5.40. The summed E-state index contributed by atoms with van der Waals surface area (Å²) in [5, 5.41) is 12.8. The van der Waals surface area contributed by atoms with Gasteiger partial charge in [0.2, 0.25) is 5.91 Å². The molecule has 0 heterocycles. The van der Waals surface area contributed by atoms with Gasteiger partial charge in [-0.05, 0) is 30.5 Å². The van der Waals surface area contributed by atoms with Gasteiger partial charge in [-0.2, -0.15) is 0 Å². The Morgan fingerprint density at radius 2 is 2.00 bits per heavy atom. The van der Waals surface area contributed by atoms with Crippen molar-refractivity contribution in [2.45, 2.75) is 18.9 Å². The van der Waals surface area contributed by atoms with E-state index >= 15 is 0 Å². The fourth-order valence-corrected chi connectivity index (χ4v) is 1.80. The topological polar surface area (TPSA) is 52.6 Å². The van der Waals surface area contributed by atoms with Gasteiger partial charge in [0.15, 0.2) is 0 Å². The number of anilines is 1. The van der Waals surface area contributed by atoms with Crippen LogP contribution in [-0.4, -0.2) is 31.7 Å². The minimum atomic E-state index is -0.635. The molecule has 1 aromatic carbocycles. The third kappa shape index (κ3) is 3.23. The molecular formula is C14H20N2O2. The molecular weight excluding hydrogens is 228 g/mol. The van der Waals surface area contributed by atoms with E-state index in [0.29, 0.717) is 0 Å². The van der Waals surface area contributed by atoms with Crippen LogP contribution in [0, 0.1) is 5.92 Å². The molecule has 4 nitrogen and oxygen atoms in total. The number of aliphatic hydroxyl groups is 1. The van der Waals surface area contributed by atoms with Gasteiger partial charge >= 0.3 is 0 Å². The van der Waals surface area contributed by atoms with E-state index in [9.17, 15) is 9.90 Å². The highest BCUT2D eigenvalue weighted by Crippen LogP contribution is 2.28. The molecule has 0 bridgehead atoms. The predicted octanol–water partition coefficient (Wildman–Crippen LogP) is 1.31. The lowest BCUT2D eigenvalue weighted by molar-refractivity contribution is -0.122. The average Bonchev–Trinajstić information content (AvgIpc) is 3.20. The van der Waals surface area contributed by atoms with Gasteiger partial charge in [-0.15, -0.1) is 0 Å². The molecule has 2 N–H and O–H groups in total. The highest BCUT2D eigenvalue weighted by molar-refractivity contribution is 5.80. The Hall–Kier alpha value is -1.55. The smallest absolute Gasteiger partial charge is 0.223 e. The molecule has 0 aromatic heterocycles. The summed E-state index contributed by atoms with van der Waals surface area (Å²) in [6.07, 6.45) is 1.34. The third-order valence-electron chi connectivity index (χ3n) is 3.21. The van der Waals surface area contributed by atoms with Crippen molar-refractivity contribution in [2.75, 3.05) is 25.5 Å². The molecule has 1 fully saturated rings. The zero-order valence-corrected chi connectivity index (χ0v) is 10.9. The quantitative estimate of drug-likeness (QED) is 0.826. The van der Waals surface area contributed by atoms with Crippen molar-refractivity contribution in [3.63, 3.8) is 0 Å². The molecule has 1 amide bonds. The number of benzene rings is 1. The van der Waals surface area contributed by atoms with Crippen LogP contribution in [0.2, 0.25) is 0 Å². The Kier molecular flexibility index (Phi) is 3.87. The van der Waals surface area contributed by atoms with Crippen LogP contribution in [-0.2, 0) is 4.79 Å². The lowest BCUT2D eigenvalue weighted by Gasteiger charge is -2.15. The third-order valence-corrected chi connectivity index (χ3v) is 3.21. The van der Waals surface area contributed by atoms with Crippen molar-refractivity contribution in [3.05, 3.63) is 29.8 Å². The molecule has 98 valence electrons. The zero-order valence-electron chi connectivity index (χ0n) is 10.9. The summed E-state index contributed by atoms with van der Waals surface area (Å²) in [4.78, 5) is 13.5. The number of carbonyl (C=O) groups is 1. The minimum Gasteiger partial charge on any atom is -0.387 e. The van der Waals surface area contributed by atoms with Gasteiger partial charge in [0.1, 0.15) is 0 Å². The van der Waals surface area contributed by atoms with Gasteiger partial charge in [-0.1, -0.05) is 12.1 Å². The van der Waals surface area contributed by atoms with Crippen LogP contribution in [0.5, 0.6) is 0 Å². The molecule has 0 saturated heterocycles. The van der Waals surface area contributed by atoms with E-state index in [2.05, 4.69) is 5.32 Å². The second-order valence-electron chi connectivity index (χ2n) is 5.02. The van der Waals surface area contributed by atoms with E-state index < -0.39 is 6.10 Å². The maximum Gasteiger partial charge on any atom is 0.223 e. The molecule has 2 rings (SSSR count). The number of hydrogen-bond donors (Lipinski definition) is 2. The largest absolute Gasteiger partial charge is 0.387 e. The molecule has 4 heteroatoms. The van der Waals surface area contributed by atoms with Gasteiger partial charge in [0.05, 0.1) is 6.10 Å². The first kappa shape index (κ1) is 12.9. The summed E-state index contributed by atoms with van der Waals surface area (Å²) in [5.41, 5.74) is 1.92. The fourth-order valence-electron chi connectivity index (χ4n) is 1.80. The standard InChI is InChI=1S/C14H20N2O2/c1-16(2)12-7-5-10(6-8-12)13(17)9-15-14(18)11-3-4-11/h5-8,11,13,17H,3-4,9H2,1-2H3,(H,15,18). The van der Waals surface area contributed by atoms with Gasteiger partial charge in [0.25, 0.3) is 0 Å². The molecule has 0 spiro atoms. The molecule has 1 aliphatic rings. The molecule has 0 radical (unpaired) electrons. The highest BCUT2D eigenvalue weighted by Gasteiger charge is 2.29. The Bertz CT molecular complexity index is 410. The van der Waals surface area contributed by atoms with Crippen molar-refractivity contribution < 1.29 is 9.90 Å². The summed E-state index contributed by atoms with van der Waals surface area (Å²) in [5.74, 6) is 0.257. The Labute approximate surface area is 108 Å². The average molecular weight is 248 g/mol. The molecule has 1 aliphatic carbocycles. The van der Waals surface area contributed by atoms with Gasteiger partial charge in [0, 0.05) is 32.2 Å². The summed E-state index contributed by atoms with van der Waals surface area (Å²) in [7, 11) is 3.95. The maximum absolute atomic E-state index is 11.5. The highest BCUT2D eigenvalue weighted by atomic mass is 16.3. The van der Waals surface area contributed by atoms with Crippen LogP contribution in [0.1, 0.15) is 24.5 Å². The number of aliphatic hydroxyl groups excluding tert-OH is 1. The minimum absolute atomic E-state index is 0.0685. The van der Waals surface area contributed by atoms with Crippen molar-refractivity contribution in [3.8, 4) is 0 Å². The zero-order chi connectivity index (χ0) is 13.1. The first-order valence-electron chi connectivity index (χ1n) is 6.31. The Balaban J connectivity index is 1.87. The van der Waals surface area contributed by atoms with E-state index in [0.717, 1.165) is 24.1 Å². The normalized spacial score (nSPS) is 16.2. The molecule has 1 saturated carbocycles. The molecule has 18 heavy (non-hydrogen) atoms. The number of amides is 1. The second-order valence-corrected chi connectivity index (χ2v) is 5.02. The molecule has 1 unspecified atom stereocenters. The van der Waals surface area contributed by atoms with Gasteiger partial charge in [-0.3, -0.25) is 4.79 Å². The first-order valence-corrected chi connectivity index (χ1v) is 6.31.